The maximum absolute atomic E-state index is 4.72. The maximum Gasteiger partial charge on any atom is 0.132 e. The van der Waals surface area contributed by atoms with Crippen molar-refractivity contribution in [1.82, 2.24) is 0 Å². The van der Waals surface area contributed by atoms with Crippen LogP contribution in [0.1, 0.15) is 11.1 Å². The second-order valence-corrected chi connectivity index (χ2v) is 6.25. The van der Waals surface area contributed by atoms with E-state index in [1.807, 2.05) is 66.7 Å². The molecule has 116 valence electrons. The van der Waals surface area contributed by atoms with Crippen LogP contribution in [0.3, 0.4) is 0 Å². The summed E-state index contributed by atoms with van der Waals surface area (Å²) in [7, 11) is 0. The third-order valence-electron chi connectivity index (χ3n) is 3.59. The third kappa shape index (κ3) is 3.09. The quantitative estimate of drug-likeness (QED) is 0.679. The smallest absolute Gasteiger partial charge is 0.132 e. The van der Waals surface area contributed by atoms with Crippen molar-refractivity contribution in [2.75, 3.05) is 5.12 Å². The van der Waals surface area contributed by atoms with Gasteiger partial charge >= 0.3 is 0 Å². The first-order valence-corrected chi connectivity index (χ1v) is 8.53. The predicted molar refractivity (Wildman–Crippen MR) is 102 cm³/mol. The molecule has 0 bridgehead atoms. The number of anilines is 1. The summed E-state index contributed by atoms with van der Waals surface area (Å²) in [6.07, 6.45) is 0. The van der Waals surface area contributed by atoms with E-state index in [0.717, 1.165) is 26.9 Å². The minimum Gasteiger partial charge on any atom is -0.149 e. The summed E-state index contributed by atoms with van der Waals surface area (Å²) in [5, 5.41) is 13.0. The number of thioether (sulfide) groups is 1. The topological polar surface area (TPSA) is 28.0 Å². The van der Waals surface area contributed by atoms with Crippen molar-refractivity contribution in [3.63, 3.8) is 0 Å². The molecule has 1 heterocycles. The van der Waals surface area contributed by atoms with Gasteiger partial charge in [0, 0.05) is 11.1 Å². The number of hydrazone groups is 2. The van der Waals surface area contributed by atoms with Crippen LogP contribution in [0.4, 0.5) is 5.69 Å². The first-order chi connectivity index (χ1) is 11.9. The molecule has 1 aliphatic heterocycles. The second kappa shape index (κ2) is 6.72. The van der Waals surface area contributed by atoms with Crippen LogP contribution in [0.5, 0.6) is 0 Å². The Morgan fingerprint density at radius 1 is 0.542 bits per heavy atom. The van der Waals surface area contributed by atoms with Gasteiger partial charge in [-0.05, 0) is 23.9 Å². The molecule has 0 radical (unpaired) electrons. The Labute approximate surface area is 145 Å². The average Bonchev–Trinajstić information content (AvgIpc) is 2.70. The van der Waals surface area contributed by atoms with Gasteiger partial charge < -0.3 is 0 Å². The van der Waals surface area contributed by atoms with Crippen LogP contribution in [0, 0.1) is 0 Å². The van der Waals surface area contributed by atoms with E-state index in [-0.39, 0.29) is 0 Å². The molecule has 0 saturated heterocycles. The summed E-state index contributed by atoms with van der Waals surface area (Å²) in [5.41, 5.74) is 3.12. The van der Waals surface area contributed by atoms with E-state index in [4.69, 9.17) is 10.2 Å². The highest BCUT2D eigenvalue weighted by Crippen LogP contribution is 2.28. The lowest BCUT2D eigenvalue weighted by Crippen LogP contribution is -2.20. The summed E-state index contributed by atoms with van der Waals surface area (Å²) >= 11 is 1.59. The highest BCUT2D eigenvalue weighted by molar-refractivity contribution is 8.27. The van der Waals surface area contributed by atoms with Crippen molar-refractivity contribution < 1.29 is 0 Å². The minimum absolute atomic E-state index is 0.938. The second-order valence-electron chi connectivity index (χ2n) is 5.27. The minimum atomic E-state index is 0.938. The SMILES string of the molecule is c1ccc(C2=NN(c3ccccc3)N=C(c3ccccc3)S2)cc1. The fraction of sp³-hybridized carbons (Fsp3) is 0. The molecule has 0 aromatic heterocycles. The summed E-state index contributed by atoms with van der Waals surface area (Å²) < 4.78 is 0. The van der Waals surface area contributed by atoms with Gasteiger partial charge in [-0.3, -0.25) is 0 Å². The van der Waals surface area contributed by atoms with Gasteiger partial charge in [-0.15, -0.1) is 15.3 Å². The van der Waals surface area contributed by atoms with Crippen LogP contribution >= 0.6 is 11.8 Å². The molecule has 1 aliphatic rings. The molecular formula is C20H15N3S. The van der Waals surface area contributed by atoms with Gasteiger partial charge in [0.2, 0.25) is 0 Å². The predicted octanol–water partition coefficient (Wildman–Crippen LogP) is 4.96. The van der Waals surface area contributed by atoms with E-state index in [2.05, 4.69) is 24.3 Å². The number of para-hydroxylation sites is 1. The molecule has 0 N–H and O–H groups in total. The highest BCUT2D eigenvalue weighted by atomic mass is 32.2. The van der Waals surface area contributed by atoms with Crippen molar-refractivity contribution >= 4 is 27.5 Å². The summed E-state index contributed by atoms with van der Waals surface area (Å²) in [6, 6.07) is 30.4. The zero-order valence-electron chi connectivity index (χ0n) is 12.9. The molecule has 0 saturated carbocycles. The van der Waals surface area contributed by atoms with Gasteiger partial charge in [-0.25, -0.2) is 0 Å². The van der Waals surface area contributed by atoms with Crippen LogP contribution in [0.2, 0.25) is 0 Å². The van der Waals surface area contributed by atoms with Gasteiger partial charge in [-0.1, -0.05) is 78.9 Å². The molecule has 24 heavy (non-hydrogen) atoms. The van der Waals surface area contributed by atoms with E-state index in [0.29, 0.717) is 0 Å². The standard InChI is InChI=1S/C20H15N3S/c1-4-10-16(11-5-1)19-21-23(18-14-8-3-9-15-18)22-20(24-19)17-12-6-2-7-13-17/h1-15H. The zero-order chi connectivity index (χ0) is 16.2. The summed E-state index contributed by atoms with van der Waals surface area (Å²) in [4.78, 5) is 0. The average molecular weight is 329 g/mol. The van der Waals surface area contributed by atoms with Crippen molar-refractivity contribution in [3.05, 3.63) is 102 Å². The summed E-state index contributed by atoms with van der Waals surface area (Å²) in [5.74, 6) is 0. The Kier molecular flexibility index (Phi) is 4.13. The Morgan fingerprint density at radius 2 is 0.958 bits per heavy atom. The molecule has 3 aromatic rings. The normalized spacial score (nSPS) is 14.1. The molecule has 0 fully saturated rings. The van der Waals surface area contributed by atoms with Gasteiger partial charge in [0.15, 0.2) is 0 Å². The molecule has 0 atom stereocenters. The molecule has 0 spiro atoms. The van der Waals surface area contributed by atoms with E-state index in [1.54, 1.807) is 16.9 Å². The lowest BCUT2D eigenvalue weighted by atomic mass is 10.2. The molecule has 0 amide bonds. The Hall–Kier alpha value is -2.85. The fourth-order valence-electron chi connectivity index (χ4n) is 2.40. The van der Waals surface area contributed by atoms with E-state index in [9.17, 15) is 0 Å². The molecule has 0 unspecified atom stereocenters. The van der Waals surface area contributed by atoms with Gasteiger partial charge in [0.1, 0.15) is 10.1 Å². The molecule has 3 nitrogen and oxygen atoms in total. The molecule has 4 rings (SSSR count). The highest BCUT2D eigenvalue weighted by Gasteiger charge is 2.20. The maximum atomic E-state index is 4.72. The third-order valence-corrected chi connectivity index (χ3v) is 4.61. The van der Waals surface area contributed by atoms with Gasteiger partial charge in [-0.2, -0.15) is 0 Å². The largest absolute Gasteiger partial charge is 0.149 e. The van der Waals surface area contributed by atoms with Crippen LogP contribution in [0.15, 0.2) is 101 Å². The lowest BCUT2D eigenvalue weighted by molar-refractivity contribution is 0.931. The summed E-state index contributed by atoms with van der Waals surface area (Å²) in [6.45, 7) is 0. The fourth-order valence-corrected chi connectivity index (χ4v) is 3.33. The lowest BCUT2D eigenvalue weighted by Gasteiger charge is -2.22. The monoisotopic (exact) mass is 329 g/mol. The van der Waals surface area contributed by atoms with Crippen molar-refractivity contribution in [2.24, 2.45) is 10.2 Å². The van der Waals surface area contributed by atoms with E-state index < -0.39 is 0 Å². The van der Waals surface area contributed by atoms with Gasteiger partial charge in [0.25, 0.3) is 0 Å². The number of rotatable bonds is 3. The molecule has 4 heteroatoms. The van der Waals surface area contributed by atoms with Gasteiger partial charge in [0.05, 0.1) is 5.69 Å². The number of nitrogens with zero attached hydrogens (tertiary/aromatic N) is 3. The van der Waals surface area contributed by atoms with E-state index >= 15 is 0 Å². The zero-order valence-corrected chi connectivity index (χ0v) is 13.7. The molecule has 0 aliphatic carbocycles. The molecule has 3 aromatic carbocycles. The number of benzene rings is 3. The van der Waals surface area contributed by atoms with E-state index in [1.165, 1.54) is 0 Å². The van der Waals surface area contributed by atoms with Crippen LogP contribution in [-0.4, -0.2) is 10.1 Å². The Morgan fingerprint density at radius 3 is 1.42 bits per heavy atom. The van der Waals surface area contributed by atoms with Crippen LogP contribution < -0.4 is 5.12 Å². The van der Waals surface area contributed by atoms with Crippen LogP contribution in [-0.2, 0) is 0 Å². The first kappa shape index (κ1) is 14.7. The number of hydrogen-bond acceptors (Lipinski definition) is 4. The van der Waals surface area contributed by atoms with Crippen molar-refractivity contribution in [3.8, 4) is 0 Å². The van der Waals surface area contributed by atoms with Crippen molar-refractivity contribution in [1.29, 1.82) is 0 Å². The van der Waals surface area contributed by atoms with Crippen molar-refractivity contribution in [2.45, 2.75) is 0 Å². The van der Waals surface area contributed by atoms with Crippen LogP contribution in [0.25, 0.3) is 0 Å². The first-order valence-electron chi connectivity index (χ1n) is 7.71. The Bertz CT molecular complexity index is 819. The number of hydrogen-bond donors (Lipinski definition) is 0. The molecular weight excluding hydrogens is 314 g/mol. The Balaban J connectivity index is 1.78.